The van der Waals surface area contributed by atoms with Crippen LogP contribution >= 0.6 is 0 Å². The highest BCUT2D eigenvalue weighted by Crippen LogP contribution is 2.11. The molecule has 2 unspecified atom stereocenters. The molecule has 5 heteroatoms. The van der Waals surface area contributed by atoms with Gasteiger partial charge in [-0.3, -0.25) is 9.59 Å². The van der Waals surface area contributed by atoms with E-state index < -0.39 is 0 Å². The van der Waals surface area contributed by atoms with E-state index in [0.29, 0.717) is 11.1 Å². The first-order chi connectivity index (χ1) is 11.5. The summed E-state index contributed by atoms with van der Waals surface area (Å²) in [5.41, 5.74) is 1.67. The van der Waals surface area contributed by atoms with Crippen LogP contribution in [-0.2, 0) is 0 Å². The molecule has 2 aromatic rings. The van der Waals surface area contributed by atoms with Gasteiger partial charge in [0.25, 0.3) is 11.8 Å². The molecular weight excluding hydrogens is 304 g/mol. The third-order valence-corrected chi connectivity index (χ3v) is 3.94. The normalized spacial score (nSPS) is 13.0. The van der Waals surface area contributed by atoms with Gasteiger partial charge in [-0.2, -0.15) is 0 Å². The van der Waals surface area contributed by atoms with Crippen LogP contribution in [0.15, 0.2) is 54.6 Å². The zero-order chi connectivity index (χ0) is 17.5. The minimum absolute atomic E-state index is 0.0139. The van der Waals surface area contributed by atoms with E-state index in [0.717, 1.165) is 5.69 Å². The van der Waals surface area contributed by atoms with Crippen LogP contribution in [0.4, 0.5) is 5.69 Å². The molecule has 2 aromatic carbocycles. The third-order valence-electron chi connectivity index (χ3n) is 3.94. The largest absolute Gasteiger partial charge is 0.396 e. The number of nitrogens with one attached hydrogen (secondary N) is 2. The summed E-state index contributed by atoms with van der Waals surface area (Å²) in [7, 11) is 0. The Kier molecular flexibility index (Phi) is 6.09. The summed E-state index contributed by atoms with van der Waals surface area (Å²) >= 11 is 0. The summed E-state index contributed by atoms with van der Waals surface area (Å²) < 4.78 is 0. The van der Waals surface area contributed by atoms with Gasteiger partial charge < -0.3 is 15.7 Å². The zero-order valence-corrected chi connectivity index (χ0v) is 13.8. The van der Waals surface area contributed by atoms with Crippen LogP contribution in [0, 0.1) is 5.92 Å². The van der Waals surface area contributed by atoms with Gasteiger partial charge in [0.1, 0.15) is 0 Å². The predicted octanol–water partition coefficient (Wildman–Crippen LogP) is 2.69. The summed E-state index contributed by atoms with van der Waals surface area (Å²) in [6.45, 7) is 3.72. The molecule has 0 radical (unpaired) electrons. The van der Waals surface area contributed by atoms with Crippen molar-refractivity contribution in [1.29, 1.82) is 0 Å². The molecule has 0 aliphatic heterocycles. The average molecular weight is 326 g/mol. The van der Waals surface area contributed by atoms with E-state index in [1.165, 1.54) is 0 Å². The van der Waals surface area contributed by atoms with E-state index in [9.17, 15) is 9.59 Å². The van der Waals surface area contributed by atoms with Crippen molar-refractivity contribution in [2.45, 2.75) is 19.9 Å². The zero-order valence-electron chi connectivity index (χ0n) is 13.8. The Morgan fingerprint density at radius 1 is 0.917 bits per heavy atom. The average Bonchev–Trinajstić information content (AvgIpc) is 2.61. The summed E-state index contributed by atoms with van der Waals surface area (Å²) in [4.78, 5) is 24.3. The molecule has 0 heterocycles. The number of para-hydroxylation sites is 1. The van der Waals surface area contributed by atoms with E-state index in [2.05, 4.69) is 10.6 Å². The fraction of sp³-hybridized carbons (Fsp3) is 0.263. The maximum Gasteiger partial charge on any atom is 0.255 e. The summed E-state index contributed by atoms with van der Waals surface area (Å²) in [6, 6.07) is 15.5. The van der Waals surface area contributed by atoms with Crippen LogP contribution in [0.1, 0.15) is 34.6 Å². The number of aliphatic hydroxyl groups excluding tert-OH is 1. The maximum atomic E-state index is 12.2. The first-order valence-electron chi connectivity index (χ1n) is 7.89. The molecule has 2 rings (SSSR count). The molecule has 0 saturated carbocycles. The van der Waals surface area contributed by atoms with Gasteiger partial charge in [-0.05, 0) is 49.2 Å². The van der Waals surface area contributed by atoms with Gasteiger partial charge in [-0.15, -0.1) is 0 Å². The van der Waals surface area contributed by atoms with Crippen LogP contribution in [0.25, 0.3) is 0 Å². The van der Waals surface area contributed by atoms with Gasteiger partial charge >= 0.3 is 0 Å². The molecule has 0 saturated heterocycles. The molecule has 2 atom stereocenters. The van der Waals surface area contributed by atoms with Crippen LogP contribution in [0.3, 0.4) is 0 Å². The van der Waals surface area contributed by atoms with Crippen molar-refractivity contribution in [2.24, 2.45) is 5.92 Å². The first kappa shape index (κ1) is 17.7. The quantitative estimate of drug-likeness (QED) is 0.764. The number of benzene rings is 2. The molecule has 0 bridgehead atoms. The highest BCUT2D eigenvalue weighted by molar-refractivity contribution is 6.05. The van der Waals surface area contributed by atoms with Crippen molar-refractivity contribution in [2.75, 3.05) is 11.9 Å². The van der Waals surface area contributed by atoms with Gasteiger partial charge in [0.05, 0.1) is 0 Å². The lowest BCUT2D eigenvalue weighted by molar-refractivity contribution is 0.0915. The van der Waals surface area contributed by atoms with Crippen molar-refractivity contribution in [1.82, 2.24) is 5.32 Å². The molecule has 0 spiro atoms. The fourth-order valence-electron chi connectivity index (χ4n) is 2.09. The number of hydrogen-bond acceptors (Lipinski definition) is 3. The van der Waals surface area contributed by atoms with E-state index in [-0.39, 0.29) is 30.4 Å². The number of aliphatic hydroxyl groups is 1. The van der Waals surface area contributed by atoms with Gasteiger partial charge in [0.15, 0.2) is 0 Å². The second-order valence-electron chi connectivity index (χ2n) is 5.82. The number of carbonyl (C=O) groups excluding carboxylic acids is 2. The Hall–Kier alpha value is -2.66. The Labute approximate surface area is 141 Å². The van der Waals surface area contributed by atoms with Gasteiger partial charge in [-0.1, -0.05) is 25.1 Å². The number of anilines is 1. The summed E-state index contributed by atoms with van der Waals surface area (Å²) in [6.07, 6.45) is 0. The third kappa shape index (κ3) is 4.67. The molecule has 3 N–H and O–H groups in total. The lowest BCUT2D eigenvalue weighted by atomic mass is 10.0. The van der Waals surface area contributed by atoms with Crippen molar-refractivity contribution in [3.8, 4) is 0 Å². The minimum atomic E-state index is -0.226. The molecule has 2 amide bonds. The number of amides is 2. The van der Waals surface area contributed by atoms with Crippen molar-refractivity contribution >= 4 is 17.5 Å². The topological polar surface area (TPSA) is 78.4 Å². The van der Waals surface area contributed by atoms with Crippen LogP contribution in [-0.4, -0.2) is 29.6 Å². The predicted molar refractivity (Wildman–Crippen MR) is 94.0 cm³/mol. The Morgan fingerprint density at radius 2 is 1.46 bits per heavy atom. The highest BCUT2D eigenvalue weighted by Gasteiger charge is 2.15. The Bertz CT molecular complexity index is 684. The molecule has 0 aromatic heterocycles. The van der Waals surface area contributed by atoms with E-state index in [4.69, 9.17) is 5.11 Å². The van der Waals surface area contributed by atoms with E-state index in [1.54, 1.807) is 24.3 Å². The van der Waals surface area contributed by atoms with Crippen molar-refractivity contribution < 1.29 is 14.7 Å². The van der Waals surface area contributed by atoms with Gasteiger partial charge in [-0.25, -0.2) is 0 Å². The molecule has 5 nitrogen and oxygen atoms in total. The van der Waals surface area contributed by atoms with Crippen molar-refractivity contribution in [3.63, 3.8) is 0 Å². The standard InChI is InChI=1S/C19H22N2O3/c1-13(12-22)14(2)20-18(23)15-8-10-16(11-9-15)19(24)21-17-6-4-3-5-7-17/h3-11,13-14,22H,12H2,1-2H3,(H,20,23)(H,21,24). The first-order valence-corrected chi connectivity index (χ1v) is 7.89. The number of hydrogen-bond donors (Lipinski definition) is 3. The number of rotatable bonds is 6. The monoisotopic (exact) mass is 326 g/mol. The van der Waals surface area contributed by atoms with Crippen LogP contribution in [0.2, 0.25) is 0 Å². The minimum Gasteiger partial charge on any atom is -0.396 e. The summed E-state index contributed by atoms with van der Waals surface area (Å²) in [5.74, 6) is -0.474. The van der Waals surface area contributed by atoms with Crippen LogP contribution in [0.5, 0.6) is 0 Å². The molecule has 0 fully saturated rings. The summed E-state index contributed by atoms with van der Waals surface area (Å²) in [5, 5.41) is 14.7. The van der Waals surface area contributed by atoms with Gasteiger partial charge in [0.2, 0.25) is 0 Å². The molecule has 24 heavy (non-hydrogen) atoms. The highest BCUT2D eigenvalue weighted by atomic mass is 16.3. The number of carbonyl (C=O) groups is 2. The second kappa shape index (κ2) is 8.26. The molecular formula is C19H22N2O3. The van der Waals surface area contributed by atoms with E-state index >= 15 is 0 Å². The Morgan fingerprint density at radius 3 is 2.00 bits per heavy atom. The molecule has 0 aliphatic rings. The second-order valence-corrected chi connectivity index (χ2v) is 5.82. The maximum absolute atomic E-state index is 12.2. The van der Waals surface area contributed by atoms with Gasteiger partial charge in [0, 0.05) is 29.5 Å². The SMILES string of the molecule is CC(CO)C(C)NC(=O)c1ccc(C(=O)Nc2ccccc2)cc1. The van der Waals surface area contributed by atoms with E-state index in [1.807, 2.05) is 44.2 Å². The lowest BCUT2D eigenvalue weighted by Crippen LogP contribution is -2.38. The smallest absolute Gasteiger partial charge is 0.255 e. The lowest BCUT2D eigenvalue weighted by Gasteiger charge is -2.19. The fourth-order valence-corrected chi connectivity index (χ4v) is 2.09. The van der Waals surface area contributed by atoms with Crippen molar-refractivity contribution in [3.05, 3.63) is 65.7 Å². The molecule has 126 valence electrons. The molecule has 0 aliphatic carbocycles. The van der Waals surface area contributed by atoms with Crippen LogP contribution < -0.4 is 10.6 Å². The Balaban J connectivity index is 1.99.